The number of aromatic nitrogens is 2. The number of nitrogens with zero attached hydrogens (tertiary/aromatic N) is 2. The van der Waals surface area contributed by atoms with Crippen LogP contribution in [0.15, 0.2) is 158 Å². The molecule has 0 fully saturated rings. The Kier molecular flexibility index (Phi) is 5.08. The second-order valence-corrected chi connectivity index (χ2v) is 10.4. The van der Waals surface area contributed by atoms with Crippen LogP contribution in [0.1, 0.15) is 22.3 Å². The largest absolute Gasteiger partial charge is 0.301 e. The van der Waals surface area contributed by atoms with Crippen molar-refractivity contribution >= 4 is 10.9 Å². The normalized spacial score (nSPS) is 13.2. The van der Waals surface area contributed by atoms with Crippen molar-refractivity contribution in [2.75, 3.05) is 0 Å². The lowest BCUT2D eigenvalue weighted by molar-refractivity contribution is 0.769. The molecule has 1 aliphatic carbocycles. The molecule has 0 aliphatic heterocycles. The molecule has 40 heavy (non-hydrogen) atoms. The van der Waals surface area contributed by atoms with E-state index < -0.39 is 5.41 Å². The molecule has 8 rings (SSSR count). The predicted molar refractivity (Wildman–Crippen MR) is 164 cm³/mol. The van der Waals surface area contributed by atoms with Gasteiger partial charge in [-0.1, -0.05) is 127 Å². The van der Waals surface area contributed by atoms with Gasteiger partial charge in [-0.2, -0.15) is 0 Å². The Hall–Kier alpha value is -5.21. The third-order valence-electron chi connectivity index (χ3n) is 8.37. The van der Waals surface area contributed by atoms with Gasteiger partial charge >= 0.3 is 0 Å². The number of benzene rings is 5. The Labute approximate surface area is 233 Å². The van der Waals surface area contributed by atoms with Gasteiger partial charge in [-0.25, -0.2) is 4.98 Å². The van der Waals surface area contributed by atoms with Crippen molar-refractivity contribution in [2.45, 2.75) is 5.41 Å². The van der Waals surface area contributed by atoms with E-state index >= 15 is 0 Å². The second-order valence-electron chi connectivity index (χ2n) is 10.4. The quantitative estimate of drug-likeness (QED) is 0.231. The van der Waals surface area contributed by atoms with Crippen molar-refractivity contribution in [3.05, 3.63) is 180 Å². The minimum absolute atomic E-state index is 0.414. The molecule has 0 bridgehead atoms. The van der Waals surface area contributed by atoms with E-state index in [4.69, 9.17) is 4.98 Å². The van der Waals surface area contributed by atoms with Gasteiger partial charge in [0.25, 0.3) is 0 Å². The second kappa shape index (κ2) is 8.93. The molecule has 0 atom stereocenters. The van der Waals surface area contributed by atoms with Crippen molar-refractivity contribution < 1.29 is 0 Å². The molecule has 0 amide bonds. The lowest BCUT2D eigenvalue weighted by Gasteiger charge is -2.33. The van der Waals surface area contributed by atoms with Crippen LogP contribution >= 0.6 is 0 Å². The summed E-state index contributed by atoms with van der Waals surface area (Å²) in [5.74, 6) is 0.914. The summed E-state index contributed by atoms with van der Waals surface area (Å²) in [6, 6.07) is 52.3. The molecule has 0 saturated heterocycles. The van der Waals surface area contributed by atoms with Crippen LogP contribution in [0.2, 0.25) is 0 Å². The van der Waals surface area contributed by atoms with Gasteiger partial charge in [-0.15, -0.1) is 0 Å². The average Bonchev–Trinajstić information content (AvgIpc) is 3.60. The molecule has 0 radical (unpaired) electrons. The fraction of sp³-hybridized carbons (Fsp3) is 0.0263. The lowest BCUT2D eigenvalue weighted by Crippen LogP contribution is -2.28. The van der Waals surface area contributed by atoms with Gasteiger partial charge in [-0.05, 0) is 51.6 Å². The van der Waals surface area contributed by atoms with Gasteiger partial charge in [0.2, 0.25) is 0 Å². The van der Waals surface area contributed by atoms with E-state index in [1.54, 1.807) is 0 Å². The van der Waals surface area contributed by atoms with Crippen LogP contribution in [0.25, 0.3) is 39.0 Å². The summed E-state index contributed by atoms with van der Waals surface area (Å²) < 4.78 is 2.26. The predicted octanol–water partition coefficient (Wildman–Crippen LogP) is 9.06. The summed E-state index contributed by atoms with van der Waals surface area (Å²) in [6.07, 6.45) is 4.13. The topological polar surface area (TPSA) is 17.8 Å². The molecule has 0 N–H and O–H groups in total. The van der Waals surface area contributed by atoms with Crippen LogP contribution < -0.4 is 0 Å². The molecule has 1 aliphatic rings. The maximum atomic E-state index is 4.94. The first kappa shape index (κ1) is 22.7. The smallest absolute Gasteiger partial charge is 0.137 e. The Morgan fingerprint density at radius 1 is 0.500 bits per heavy atom. The molecular weight excluding hydrogens is 484 g/mol. The molecule has 0 unspecified atom stereocenters. The maximum Gasteiger partial charge on any atom is 0.137 e. The van der Waals surface area contributed by atoms with E-state index in [1.165, 1.54) is 49.8 Å². The van der Waals surface area contributed by atoms with Crippen LogP contribution in [-0.4, -0.2) is 9.55 Å². The van der Waals surface area contributed by atoms with Crippen molar-refractivity contribution in [1.29, 1.82) is 0 Å². The Morgan fingerprint density at radius 2 is 1.15 bits per heavy atom. The third kappa shape index (κ3) is 3.20. The molecular formula is C38H26N2. The van der Waals surface area contributed by atoms with Crippen LogP contribution in [0, 0.1) is 0 Å². The van der Waals surface area contributed by atoms with E-state index in [1.807, 2.05) is 12.3 Å². The minimum Gasteiger partial charge on any atom is -0.301 e. The summed E-state index contributed by atoms with van der Waals surface area (Å²) in [4.78, 5) is 4.94. The first-order valence-electron chi connectivity index (χ1n) is 13.7. The summed E-state index contributed by atoms with van der Waals surface area (Å²) >= 11 is 0. The van der Waals surface area contributed by atoms with Gasteiger partial charge in [0.05, 0.1) is 10.9 Å². The average molecular weight is 511 g/mol. The molecule has 0 saturated carbocycles. The van der Waals surface area contributed by atoms with Crippen molar-refractivity contribution in [2.24, 2.45) is 0 Å². The highest BCUT2D eigenvalue weighted by Gasteiger charge is 2.46. The molecule has 2 aromatic heterocycles. The summed E-state index contributed by atoms with van der Waals surface area (Å²) in [5, 5.41) is 1.21. The van der Waals surface area contributed by atoms with Crippen LogP contribution in [0.3, 0.4) is 0 Å². The van der Waals surface area contributed by atoms with Crippen molar-refractivity contribution in [3.63, 3.8) is 0 Å². The minimum atomic E-state index is -0.414. The van der Waals surface area contributed by atoms with E-state index in [9.17, 15) is 0 Å². The van der Waals surface area contributed by atoms with Crippen LogP contribution in [0.4, 0.5) is 0 Å². The number of hydrogen-bond acceptors (Lipinski definition) is 1. The van der Waals surface area contributed by atoms with Crippen molar-refractivity contribution in [3.8, 4) is 28.1 Å². The molecule has 2 heterocycles. The number of rotatable bonds is 4. The molecule has 188 valence electrons. The van der Waals surface area contributed by atoms with Crippen LogP contribution in [-0.2, 0) is 5.41 Å². The highest BCUT2D eigenvalue weighted by Crippen LogP contribution is 2.57. The zero-order chi connectivity index (χ0) is 26.5. The number of fused-ring (bicyclic) bond motifs is 5. The molecule has 2 heteroatoms. The Bertz CT molecular complexity index is 1930. The molecule has 2 nitrogen and oxygen atoms in total. The van der Waals surface area contributed by atoms with Gasteiger partial charge in [0, 0.05) is 28.9 Å². The summed E-state index contributed by atoms with van der Waals surface area (Å²) in [6.45, 7) is 0. The van der Waals surface area contributed by atoms with Gasteiger partial charge in [-0.3, -0.25) is 0 Å². The monoisotopic (exact) mass is 510 g/mol. The highest BCUT2D eigenvalue weighted by atomic mass is 15.0. The van der Waals surface area contributed by atoms with Gasteiger partial charge in [0.1, 0.15) is 5.82 Å². The van der Waals surface area contributed by atoms with Crippen LogP contribution in [0.5, 0.6) is 0 Å². The van der Waals surface area contributed by atoms with Crippen molar-refractivity contribution in [1.82, 2.24) is 9.55 Å². The first-order chi connectivity index (χ1) is 19.9. The third-order valence-corrected chi connectivity index (χ3v) is 8.37. The SMILES string of the molecule is c1ccc(-c2ccc(-n3ccc4ccc5c(c43)-c3ccccc3C5(c3ccccc3)c3ccccc3)nc2)cc1. The first-order valence-corrected chi connectivity index (χ1v) is 13.7. The maximum absolute atomic E-state index is 4.94. The fourth-order valence-electron chi connectivity index (χ4n) is 6.67. The number of pyridine rings is 1. The summed E-state index contributed by atoms with van der Waals surface area (Å²) in [5.41, 5.74) is 10.8. The van der Waals surface area contributed by atoms with Gasteiger partial charge < -0.3 is 4.57 Å². The van der Waals surface area contributed by atoms with Gasteiger partial charge in [0.15, 0.2) is 0 Å². The number of hydrogen-bond donors (Lipinski definition) is 0. The Balaban J connectivity index is 1.42. The molecule has 7 aromatic rings. The van der Waals surface area contributed by atoms with E-state index in [0.29, 0.717) is 0 Å². The standard InChI is InChI=1S/C38H26N2/c1-4-12-27(13-5-1)29-21-23-35(39-26-29)40-25-24-28-20-22-34-36(37(28)40)32-18-10-11-19-33(32)38(34,30-14-6-2-7-15-30)31-16-8-3-9-17-31/h1-26H. The highest BCUT2D eigenvalue weighted by molar-refractivity contribution is 6.03. The Morgan fingerprint density at radius 3 is 1.82 bits per heavy atom. The fourth-order valence-corrected chi connectivity index (χ4v) is 6.67. The summed E-state index contributed by atoms with van der Waals surface area (Å²) in [7, 11) is 0. The van der Waals surface area contributed by atoms with E-state index in [0.717, 1.165) is 11.4 Å². The lowest BCUT2D eigenvalue weighted by atomic mass is 9.67. The van der Waals surface area contributed by atoms with E-state index in [2.05, 4.69) is 150 Å². The zero-order valence-electron chi connectivity index (χ0n) is 21.9. The molecule has 0 spiro atoms. The molecule has 5 aromatic carbocycles. The zero-order valence-corrected chi connectivity index (χ0v) is 21.9. The van der Waals surface area contributed by atoms with E-state index in [-0.39, 0.29) is 0 Å².